The van der Waals surface area contributed by atoms with Gasteiger partial charge in [-0.25, -0.2) is 21.8 Å². The molecule has 0 aliphatic heterocycles. The van der Waals surface area contributed by atoms with Gasteiger partial charge in [-0.3, -0.25) is 4.79 Å². The number of carboxylic acids is 1. The van der Waals surface area contributed by atoms with E-state index in [1.54, 1.807) is 18.3 Å². The normalized spacial score (nSPS) is 11.6. The zero-order chi connectivity index (χ0) is 23.0. The Labute approximate surface area is 184 Å². The standard InChI is InChI=1S/C23H20FN3O4S/c1-14-9-10-25-22(11-14)26-17-4-6-18(7-5-17)32(30,31)27-15(2)19(13-23(28)29)20-12-16(24)3-8-21(20)27/h3-12H,13H2,1-2H3,(H,25,26)(H,28,29). The summed E-state index contributed by atoms with van der Waals surface area (Å²) in [7, 11) is -4.06. The van der Waals surface area contributed by atoms with Crippen LogP contribution in [-0.4, -0.2) is 28.5 Å². The maximum Gasteiger partial charge on any atom is 0.307 e. The Hall–Kier alpha value is -3.72. The van der Waals surface area contributed by atoms with Crippen molar-refractivity contribution in [3.05, 3.63) is 83.4 Å². The number of aromatic nitrogens is 2. The van der Waals surface area contributed by atoms with Gasteiger partial charge in [-0.05, 0) is 79.6 Å². The molecule has 0 aliphatic rings. The second-order valence-corrected chi connectivity index (χ2v) is 9.22. The number of carboxylic acid groups (broad SMARTS) is 1. The number of nitrogens with zero attached hydrogens (tertiary/aromatic N) is 2. The van der Waals surface area contributed by atoms with E-state index in [9.17, 15) is 22.7 Å². The van der Waals surface area contributed by atoms with Crippen LogP contribution < -0.4 is 5.32 Å². The van der Waals surface area contributed by atoms with E-state index in [1.165, 1.54) is 25.1 Å². The third-order valence-corrected chi connectivity index (χ3v) is 6.97. The number of rotatable bonds is 6. The van der Waals surface area contributed by atoms with E-state index in [0.29, 0.717) is 11.5 Å². The van der Waals surface area contributed by atoms with E-state index < -0.39 is 28.2 Å². The van der Waals surface area contributed by atoms with E-state index in [1.807, 2.05) is 19.1 Å². The second-order valence-electron chi connectivity index (χ2n) is 7.43. The van der Waals surface area contributed by atoms with Crippen LogP contribution in [0, 0.1) is 19.7 Å². The van der Waals surface area contributed by atoms with E-state index in [0.717, 1.165) is 21.7 Å². The zero-order valence-corrected chi connectivity index (χ0v) is 18.1. The van der Waals surface area contributed by atoms with Gasteiger partial charge in [0, 0.05) is 23.0 Å². The minimum Gasteiger partial charge on any atom is -0.481 e. The summed E-state index contributed by atoms with van der Waals surface area (Å²) in [6.45, 7) is 3.46. The van der Waals surface area contributed by atoms with Crippen LogP contribution in [0.15, 0.2) is 65.7 Å². The molecule has 4 rings (SSSR count). The first-order chi connectivity index (χ1) is 15.2. The summed E-state index contributed by atoms with van der Waals surface area (Å²) in [4.78, 5) is 15.6. The van der Waals surface area contributed by atoms with Crippen molar-refractivity contribution in [1.82, 2.24) is 8.96 Å². The minimum absolute atomic E-state index is 0.0199. The van der Waals surface area contributed by atoms with Gasteiger partial charge in [0.2, 0.25) is 0 Å². The van der Waals surface area contributed by atoms with Crippen molar-refractivity contribution in [2.45, 2.75) is 25.2 Å². The highest BCUT2D eigenvalue weighted by molar-refractivity contribution is 7.90. The Morgan fingerprint density at radius 1 is 1.09 bits per heavy atom. The average molecular weight is 453 g/mol. The lowest BCUT2D eigenvalue weighted by Gasteiger charge is -2.12. The first-order valence-electron chi connectivity index (χ1n) is 9.73. The predicted octanol–water partition coefficient (Wildman–Crippen LogP) is 4.40. The number of nitrogens with one attached hydrogen (secondary N) is 1. The van der Waals surface area contributed by atoms with Crippen LogP contribution >= 0.6 is 0 Å². The first-order valence-corrected chi connectivity index (χ1v) is 11.2. The van der Waals surface area contributed by atoms with Gasteiger partial charge in [-0.15, -0.1) is 0 Å². The van der Waals surface area contributed by atoms with E-state index in [4.69, 9.17) is 0 Å². The molecule has 2 heterocycles. The molecular weight excluding hydrogens is 433 g/mol. The lowest BCUT2D eigenvalue weighted by molar-refractivity contribution is -0.136. The van der Waals surface area contributed by atoms with Gasteiger partial charge in [-0.2, -0.15) is 0 Å². The fourth-order valence-corrected chi connectivity index (χ4v) is 5.26. The molecule has 9 heteroatoms. The maximum absolute atomic E-state index is 13.8. The van der Waals surface area contributed by atoms with Gasteiger partial charge in [0.1, 0.15) is 11.6 Å². The van der Waals surface area contributed by atoms with E-state index >= 15 is 0 Å². The molecule has 0 spiro atoms. The van der Waals surface area contributed by atoms with Crippen molar-refractivity contribution < 1.29 is 22.7 Å². The lowest BCUT2D eigenvalue weighted by atomic mass is 10.1. The SMILES string of the molecule is Cc1ccnc(Nc2ccc(S(=O)(=O)n3c(C)c(CC(=O)O)c4cc(F)ccc43)cc2)c1. The number of pyridine rings is 1. The summed E-state index contributed by atoms with van der Waals surface area (Å²) in [6, 6.07) is 13.6. The average Bonchev–Trinajstić information content (AvgIpc) is 2.99. The summed E-state index contributed by atoms with van der Waals surface area (Å²) in [5.74, 6) is -1.07. The molecule has 0 atom stereocenters. The molecule has 32 heavy (non-hydrogen) atoms. The summed E-state index contributed by atoms with van der Waals surface area (Å²) < 4.78 is 41.8. The molecule has 0 amide bonds. The third kappa shape index (κ3) is 3.94. The third-order valence-electron chi connectivity index (χ3n) is 5.15. The Bertz CT molecular complexity index is 1440. The molecule has 0 fully saturated rings. The molecule has 0 aliphatic carbocycles. The van der Waals surface area contributed by atoms with Gasteiger partial charge < -0.3 is 10.4 Å². The molecule has 164 valence electrons. The Kier molecular flexibility index (Phi) is 5.43. The fourth-order valence-electron chi connectivity index (χ4n) is 3.68. The number of hydrogen-bond donors (Lipinski definition) is 2. The van der Waals surface area contributed by atoms with Crippen molar-refractivity contribution in [1.29, 1.82) is 0 Å². The smallest absolute Gasteiger partial charge is 0.307 e. The van der Waals surface area contributed by atoms with Gasteiger partial charge in [-0.1, -0.05) is 0 Å². The molecule has 7 nitrogen and oxygen atoms in total. The van der Waals surface area contributed by atoms with Crippen LogP contribution in [0.25, 0.3) is 10.9 Å². The van der Waals surface area contributed by atoms with Gasteiger partial charge >= 0.3 is 5.97 Å². The molecule has 2 N–H and O–H groups in total. The molecule has 4 aromatic rings. The number of fused-ring (bicyclic) bond motifs is 1. The quantitative estimate of drug-likeness (QED) is 0.449. The summed E-state index contributed by atoms with van der Waals surface area (Å²) in [5.41, 5.74) is 2.42. The van der Waals surface area contributed by atoms with E-state index in [-0.39, 0.29) is 27.1 Å². The largest absolute Gasteiger partial charge is 0.481 e. The number of halogens is 1. The monoisotopic (exact) mass is 453 g/mol. The van der Waals surface area contributed by atoms with Crippen molar-refractivity contribution in [3.63, 3.8) is 0 Å². The molecule has 2 aromatic heterocycles. The number of aliphatic carboxylic acids is 1. The van der Waals surface area contributed by atoms with Crippen LogP contribution in [0.5, 0.6) is 0 Å². The van der Waals surface area contributed by atoms with Crippen molar-refractivity contribution in [2.24, 2.45) is 0 Å². The summed E-state index contributed by atoms with van der Waals surface area (Å²) in [6.07, 6.45) is 1.26. The number of carbonyl (C=O) groups is 1. The van der Waals surface area contributed by atoms with E-state index in [2.05, 4.69) is 10.3 Å². The van der Waals surface area contributed by atoms with Crippen LogP contribution in [0.3, 0.4) is 0 Å². The van der Waals surface area contributed by atoms with Gasteiger partial charge in [0.25, 0.3) is 10.0 Å². The molecule has 0 bridgehead atoms. The van der Waals surface area contributed by atoms with Crippen molar-refractivity contribution in [3.8, 4) is 0 Å². The van der Waals surface area contributed by atoms with Crippen LogP contribution in [0.4, 0.5) is 15.9 Å². The number of hydrogen-bond acceptors (Lipinski definition) is 5. The lowest BCUT2D eigenvalue weighted by Crippen LogP contribution is -2.15. The summed E-state index contributed by atoms with van der Waals surface area (Å²) in [5, 5.41) is 12.6. The fraction of sp³-hybridized carbons (Fsp3) is 0.130. The second kappa shape index (κ2) is 8.08. The maximum atomic E-state index is 13.8. The predicted molar refractivity (Wildman–Crippen MR) is 119 cm³/mol. The molecule has 0 unspecified atom stereocenters. The molecule has 0 saturated carbocycles. The zero-order valence-electron chi connectivity index (χ0n) is 17.3. The molecular formula is C23H20FN3O4S. The Balaban J connectivity index is 1.76. The highest BCUT2D eigenvalue weighted by Crippen LogP contribution is 2.31. The minimum atomic E-state index is -4.06. The Morgan fingerprint density at radius 2 is 1.81 bits per heavy atom. The van der Waals surface area contributed by atoms with Crippen molar-refractivity contribution >= 4 is 38.4 Å². The first kappa shape index (κ1) is 21.5. The molecule has 0 saturated heterocycles. The number of anilines is 2. The Morgan fingerprint density at radius 3 is 2.47 bits per heavy atom. The number of benzene rings is 2. The summed E-state index contributed by atoms with van der Waals surface area (Å²) >= 11 is 0. The molecule has 0 radical (unpaired) electrons. The van der Waals surface area contributed by atoms with Gasteiger partial charge in [0.15, 0.2) is 0 Å². The van der Waals surface area contributed by atoms with Crippen LogP contribution in [0.2, 0.25) is 0 Å². The topological polar surface area (TPSA) is 101 Å². The van der Waals surface area contributed by atoms with Crippen LogP contribution in [0.1, 0.15) is 16.8 Å². The molecule has 2 aromatic carbocycles. The highest BCUT2D eigenvalue weighted by Gasteiger charge is 2.26. The van der Waals surface area contributed by atoms with Crippen molar-refractivity contribution in [2.75, 3.05) is 5.32 Å². The number of aryl methyl sites for hydroxylation is 1. The van der Waals surface area contributed by atoms with Crippen LogP contribution in [-0.2, 0) is 21.2 Å². The van der Waals surface area contributed by atoms with Gasteiger partial charge in [0.05, 0.1) is 16.8 Å². The highest BCUT2D eigenvalue weighted by atomic mass is 32.2.